The van der Waals surface area contributed by atoms with E-state index in [4.69, 9.17) is 0 Å². The largest absolute Gasteiger partial charge is 0.357 e. The molecule has 1 aliphatic rings. The fraction of sp³-hybridized carbons (Fsp3) is 0.714. The molecule has 0 atom stereocenters. The summed E-state index contributed by atoms with van der Waals surface area (Å²) in [5.41, 5.74) is 1.31. The van der Waals surface area contributed by atoms with Crippen LogP contribution in [-0.2, 0) is 0 Å². The van der Waals surface area contributed by atoms with Crippen molar-refractivity contribution >= 4 is 21.4 Å². The number of hydrogen-bond acceptors (Lipinski definition) is 5. The van der Waals surface area contributed by atoms with E-state index in [9.17, 15) is 0 Å². The predicted molar refractivity (Wildman–Crippen MR) is 83.5 cm³/mol. The third-order valence-corrected chi connectivity index (χ3v) is 4.54. The average Bonchev–Trinajstić information content (AvgIpc) is 2.68. The normalized spacial score (nSPS) is 22.2. The molecule has 0 radical (unpaired) electrons. The van der Waals surface area contributed by atoms with E-state index in [1.165, 1.54) is 0 Å². The molecule has 0 spiro atoms. The Balaban J connectivity index is 1.77. The molecule has 3 heterocycles. The Hall–Kier alpha value is -1.14. The maximum absolute atomic E-state index is 4.56. The van der Waals surface area contributed by atoms with Gasteiger partial charge in [0.1, 0.15) is 0 Å². The lowest BCUT2D eigenvalue weighted by molar-refractivity contribution is 0.170. The van der Waals surface area contributed by atoms with Crippen molar-refractivity contribution < 1.29 is 0 Å². The minimum atomic E-state index is 0.146. The van der Waals surface area contributed by atoms with Gasteiger partial charge in [0.2, 0.25) is 10.1 Å². The summed E-state index contributed by atoms with van der Waals surface area (Å²) >= 11 is 1.62. The van der Waals surface area contributed by atoms with E-state index in [0.717, 1.165) is 28.6 Å². The van der Waals surface area contributed by atoms with Crippen molar-refractivity contribution in [3.8, 4) is 0 Å². The van der Waals surface area contributed by atoms with Crippen molar-refractivity contribution in [2.24, 2.45) is 0 Å². The summed E-state index contributed by atoms with van der Waals surface area (Å²) in [4.78, 5) is 5.41. The van der Waals surface area contributed by atoms with Crippen molar-refractivity contribution in [1.82, 2.24) is 19.9 Å². The van der Waals surface area contributed by atoms with Crippen LogP contribution >= 0.6 is 11.3 Å². The molecule has 0 unspecified atom stereocenters. The molecule has 20 heavy (non-hydrogen) atoms. The Morgan fingerprint density at radius 3 is 2.55 bits per heavy atom. The highest BCUT2D eigenvalue weighted by Gasteiger charge is 2.37. The van der Waals surface area contributed by atoms with Crippen LogP contribution in [0, 0.1) is 6.92 Å². The van der Waals surface area contributed by atoms with E-state index in [0.29, 0.717) is 6.04 Å². The molecule has 6 heteroatoms. The van der Waals surface area contributed by atoms with E-state index < -0.39 is 0 Å². The Morgan fingerprint density at radius 2 is 1.95 bits per heavy atom. The predicted octanol–water partition coefficient (Wildman–Crippen LogP) is 2.82. The maximum atomic E-state index is 4.56. The Kier molecular flexibility index (Phi) is 3.06. The molecule has 0 saturated carbocycles. The van der Waals surface area contributed by atoms with Crippen molar-refractivity contribution in [3.05, 3.63) is 11.9 Å². The van der Waals surface area contributed by atoms with Crippen LogP contribution in [0.5, 0.6) is 0 Å². The fourth-order valence-electron chi connectivity index (χ4n) is 3.47. The summed E-state index contributed by atoms with van der Waals surface area (Å²) in [5.74, 6) is 0. The van der Waals surface area contributed by atoms with Gasteiger partial charge in [-0.25, -0.2) is 9.50 Å². The van der Waals surface area contributed by atoms with Crippen LogP contribution in [0.15, 0.2) is 6.20 Å². The van der Waals surface area contributed by atoms with Crippen molar-refractivity contribution in [2.45, 2.75) is 64.6 Å². The second-order valence-electron chi connectivity index (χ2n) is 7.16. The molecule has 0 aliphatic carbocycles. The molecular weight excluding hydrogens is 270 g/mol. The highest BCUT2D eigenvalue weighted by molar-refractivity contribution is 7.20. The van der Waals surface area contributed by atoms with Gasteiger partial charge in [0.05, 0.1) is 11.9 Å². The van der Waals surface area contributed by atoms with Crippen LogP contribution in [-0.4, -0.2) is 31.7 Å². The van der Waals surface area contributed by atoms with E-state index in [1.54, 1.807) is 11.3 Å². The van der Waals surface area contributed by atoms with Crippen LogP contribution < -0.4 is 10.6 Å². The summed E-state index contributed by atoms with van der Waals surface area (Å²) in [7, 11) is 0. The standard InChI is InChI=1S/C14H23N5S/c1-9-8-19-12(15-9)20-11(17-19)16-10-6-13(2,3)18-14(4,5)7-10/h8,10,18H,6-7H2,1-5H3,(H,16,17). The number of fused-ring (bicyclic) bond motifs is 1. The van der Waals surface area contributed by atoms with Gasteiger partial charge in [-0.3, -0.25) is 0 Å². The molecule has 3 rings (SSSR count). The second-order valence-corrected chi connectivity index (χ2v) is 8.11. The number of aromatic nitrogens is 3. The molecule has 2 aromatic rings. The number of imidazole rings is 1. The summed E-state index contributed by atoms with van der Waals surface area (Å²) in [6, 6.07) is 0.443. The topological polar surface area (TPSA) is 54.2 Å². The van der Waals surface area contributed by atoms with Gasteiger partial charge in [-0.1, -0.05) is 11.3 Å². The minimum absolute atomic E-state index is 0.146. The van der Waals surface area contributed by atoms with Gasteiger partial charge in [-0.15, -0.1) is 5.10 Å². The molecule has 0 amide bonds. The zero-order valence-electron chi connectivity index (χ0n) is 12.8. The van der Waals surface area contributed by atoms with Gasteiger partial charge < -0.3 is 10.6 Å². The second kappa shape index (κ2) is 4.43. The fourth-order valence-corrected chi connectivity index (χ4v) is 4.37. The summed E-state index contributed by atoms with van der Waals surface area (Å²) in [5, 5.41) is 12.8. The maximum Gasteiger partial charge on any atom is 0.214 e. The molecule has 5 nitrogen and oxygen atoms in total. The van der Waals surface area contributed by atoms with Gasteiger partial charge in [0.15, 0.2) is 0 Å². The number of nitrogens with one attached hydrogen (secondary N) is 2. The first-order valence-corrected chi connectivity index (χ1v) is 7.93. The number of nitrogens with zero attached hydrogens (tertiary/aromatic N) is 3. The molecular formula is C14H23N5S. The highest BCUT2D eigenvalue weighted by atomic mass is 32.1. The van der Waals surface area contributed by atoms with E-state index in [2.05, 4.69) is 48.4 Å². The lowest BCUT2D eigenvalue weighted by Gasteiger charge is -2.46. The Bertz CT molecular complexity index is 577. The number of anilines is 1. The van der Waals surface area contributed by atoms with Crippen LogP contribution in [0.25, 0.3) is 4.96 Å². The SMILES string of the molecule is Cc1cn2nc(NC3CC(C)(C)NC(C)(C)C3)sc2n1. The third kappa shape index (κ3) is 2.81. The van der Waals surface area contributed by atoms with Crippen LogP contribution in [0.2, 0.25) is 0 Å². The summed E-state index contributed by atoms with van der Waals surface area (Å²) < 4.78 is 1.86. The summed E-state index contributed by atoms with van der Waals surface area (Å²) in [6.45, 7) is 11.1. The Morgan fingerprint density at radius 1 is 1.30 bits per heavy atom. The average molecular weight is 293 g/mol. The van der Waals surface area contributed by atoms with Crippen molar-refractivity contribution in [3.63, 3.8) is 0 Å². The lowest BCUT2D eigenvalue weighted by Crippen LogP contribution is -2.60. The zero-order valence-corrected chi connectivity index (χ0v) is 13.6. The molecule has 1 fully saturated rings. The van der Waals surface area contributed by atoms with Crippen LogP contribution in [0.4, 0.5) is 5.13 Å². The quantitative estimate of drug-likeness (QED) is 0.894. The number of piperidine rings is 1. The molecule has 1 aliphatic heterocycles. The minimum Gasteiger partial charge on any atom is -0.357 e. The van der Waals surface area contributed by atoms with Gasteiger partial charge in [0.25, 0.3) is 0 Å². The number of rotatable bonds is 2. The molecule has 0 bridgehead atoms. The molecule has 0 aromatic carbocycles. The number of hydrogen-bond donors (Lipinski definition) is 2. The summed E-state index contributed by atoms with van der Waals surface area (Å²) in [6.07, 6.45) is 4.15. The van der Waals surface area contributed by atoms with E-state index >= 15 is 0 Å². The molecule has 110 valence electrons. The van der Waals surface area contributed by atoms with E-state index in [-0.39, 0.29) is 11.1 Å². The van der Waals surface area contributed by atoms with Crippen molar-refractivity contribution in [2.75, 3.05) is 5.32 Å². The zero-order chi connectivity index (χ0) is 14.5. The first kappa shape index (κ1) is 13.8. The number of aryl methyl sites for hydroxylation is 1. The first-order valence-electron chi connectivity index (χ1n) is 7.11. The third-order valence-electron chi connectivity index (χ3n) is 3.68. The van der Waals surface area contributed by atoms with E-state index in [1.807, 2.05) is 17.6 Å². The smallest absolute Gasteiger partial charge is 0.214 e. The van der Waals surface area contributed by atoms with Gasteiger partial charge >= 0.3 is 0 Å². The Labute approximate surface area is 123 Å². The van der Waals surface area contributed by atoms with Gasteiger partial charge in [0, 0.05) is 17.1 Å². The van der Waals surface area contributed by atoms with Crippen molar-refractivity contribution in [1.29, 1.82) is 0 Å². The molecule has 2 N–H and O–H groups in total. The lowest BCUT2D eigenvalue weighted by atomic mass is 9.80. The molecule has 2 aromatic heterocycles. The van der Waals surface area contributed by atoms with Crippen LogP contribution in [0.3, 0.4) is 0 Å². The highest BCUT2D eigenvalue weighted by Crippen LogP contribution is 2.31. The van der Waals surface area contributed by atoms with Crippen LogP contribution in [0.1, 0.15) is 46.2 Å². The van der Waals surface area contributed by atoms with Gasteiger partial charge in [-0.2, -0.15) is 0 Å². The monoisotopic (exact) mass is 293 g/mol. The molecule has 1 saturated heterocycles. The first-order chi connectivity index (χ1) is 9.22. The van der Waals surface area contributed by atoms with Gasteiger partial charge in [-0.05, 0) is 47.5 Å².